The third-order valence-electron chi connectivity index (χ3n) is 2.72. The van der Waals surface area contributed by atoms with Gasteiger partial charge in [-0.25, -0.2) is 0 Å². The predicted octanol–water partition coefficient (Wildman–Crippen LogP) is 2.89. The van der Waals surface area contributed by atoms with E-state index in [-0.39, 0.29) is 0 Å². The van der Waals surface area contributed by atoms with Crippen molar-refractivity contribution in [2.75, 3.05) is 0 Å². The van der Waals surface area contributed by atoms with Gasteiger partial charge in [0.05, 0.1) is 0 Å². The summed E-state index contributed by atoms with van der Waals surface area (Å²) in [7, 11) is 0. The zero-order valence-corrected chi connectivity index (χ0v) is 5.95. The average molecular weight is 122 g/mol. The maximum atomic E-state index is 1.86. The third kappa shape index (κ3) is 1.12. The predicted molar refractivity (Wildman–Crippen MR) is 38.8 cm³/mol. The standard InChI is InChI=1S/C9H14/c1-2-8-4-6-9(3-1)7-5-8/h1-7H2. The minimum atomic E-state index is 1.44. The Balaban J connectivity index is 2.03. The summed E-state index contributed by atoms with van der Waals surface area (Å²) in [6.07, 6.45) is 10.1. The van der Waals surface area contributed by atoms with Gasteiger partial charge < -0.3 is 0 Å². The highest BCUT2D eigenvalue weighted by atomic mass is 14.3. The Morgan fingerprint density at radius 3 is 1.44 bits per heavy atom. The van der Waals surface area contributed by atoms with Gasteiger partial charge in [0.1, 0.15) is 0 Å². The van der Waals surface area contributed by atoms with E-state index in [0.29, 0.717) is 0 Å². The third-order valence-corrected chi connectivity index (χ3v) is 2.72. The molecule has 3 saturated carbocycles. The highest BCUT2D eigenvalue weighted by Gasteiger charge is 2.24. The van der Waals surface area contributed by atoms with Crippen molar-refractivity contribution >= 4 is 0 Å². The van der Waals surface area contributed by atoms with E-state index in [1.54, 1.807) is 0 Å². The first kappa shape index (κ1) is 5.76. The van der Waals surface area contributed by atoms with Crippen LogP contribution in [-0.2, 0) is 0 Å². The molecule has 0 aromatic rings. The second-order valence-electron chi connectivity index (χ2n) is 3.35. The van der Waals surface area contributed by atoms with Crippen molar-refractivity contribution in [1.29, 1.82) is 0 Å². The van der Waals surface area contributed by atoms with E-state index in [1.165, 1.54) is 44.9 Å². The molecule has 0 spiro atoms. The molecule has 3 rings (SSSR count). The van der Waals surface area contributed by atoms with Gasteiger partial charge in [-0.05, 0) is 50.4 Å². The Labute approximate surface area is 57.6 Å². The van der Waals surface area contributed by atoms with Crippen LogP contribution in [-0.4, -0.2) is 0 Å². The summed E-state index contributed by atoms with van der Waals surface area (Å²) in [4.78, 5) is 0. The molecular formula is C9H14. The Bertz CT molecular complexity index is 70.7. The molecule has 3 fully saturated rings. The molecule has 9 heavy (non-hydrogen) atoms. The number of rotatable bonds is 0. The molecule has 0 heteroatoms. The van der Waals surface area contributed by atoms with Crippen molar-refractivity contribution in [2.24, 2.45) is 0 Å². The van der Waals surface area contributed by atoms with Gasteiger partial charge in [0.2, 0.25) is 0 Å². The van der Waals surface area contributed by atoms with Crippen LogP contribution >= 0.6 is 0 Å². The normalized spacial score (nSPS) is 30.7. The summed E-state index contributed by atoms with van der Waals surface area (Å²) in [6, 6.07) is 0. The van der Waals surface area contributed by atoms with Gasteiger partial charge in [0, 0.05) is 0 Å². The highest BCUT2D eigenvalue weighted by Crippen LogP contribution is 2.41. The van der Waals surface area contributed by atoms with Crippen LogP contribution in [0.1, 0.15) is 44.9 Å². The van der Waals surface area contributed by atoms with E-state index >= 15 is 0 Å². The molecule has 2 radical (unpaired) electrons. The molecule has 0 saturated heterocycles. The first-order valence-electron chi connectivity index (χ1n) is 4.12. The number of fused-ring (bicyclic) bond motifs is 4. The summed E-state index contributed by atoms with van der Waals surface area (Å²) in [5.41, 5.74) is 0. The van der Waals surface area contributed by atoms with Gasteiger partial charge in [-0.2, -0.15) is 0 Å². The summed E-state index contributed by atoms with van der Waals surface area (Å²) < 4.78 is 0. The summed E-state index contributed by atoms with van der Waals surface area (Å²) in [6.45, 7) is 0. The highest BCUT2D eigenvalue weighted by molar-refractivity contribution is 5.08. The molecule has 0 N–H and O–H groups in total. The van der Waals surface area contributed by atoms with E-state index in [2.05, 4.69) is 0 Å². The lowest BCUT2D eigenvalue weighted by Crippen LogP contribution is -2.05. The Hall–Kier alpha value is 0. The van der Waals surface area contributed by atoms with Gasteiger partial charge in [0.25, 0.3) is 0 Å². The first-order valence-corrected chi connectivity index (χ1v) is 4.12. The largest absolute Gasteiger partial charge is 0.0522 e. The van der Waals surface area contributed by atoms with E-state index in [9.17, 15) is 0 Å². The number of hydrogen-bond acceptors (Lipinski definition) is 0. The fraction of sp³-hybridized carbons (Fsp3) is 0.778. The molecule has 0 aromatic carbocycles. The summed E-state index contributed by atoms with van der Waals surface area (Å²) in [5.74, 6) is 3.72. The first-order chi connectivity index (χ1) is 4.45. The van der Waals surface area contributed by atoms with E-state index in [0.717, 1.165) is 0 Å². The van der Waals surface area contributed by atoms with Crippen LogP contribution < -0.4 is 0 Å². The minimum absolute atomic E-state index is 1.44. The molecular weight excluding hydrogens is 108 g/mol. The van der Waals surface area contributed by atoms with Crippen molar-refractivity contribution in [3.63, 3.8) is 0 Å². The Morgan fingerprint density at radius 2 is 1.00 bits per heavy atom. The smallest absolute Gasteiger partial charge is 0.0241 e. The van der Waals surface area contributed by atoms with Crippen LogP contribution in [0, 0.1) is 11.8 Å². The van der Waals surface area contributed by atoms with Crippen LogP contribution in [0.15, 0.2) is 0 Å². The monoisotopic (exact) mass is 122 g/mol. The fourth-order valence-corrected chi connectivity index (χ4v) is 2.05. The van der Waals surface area contributed by atoms with Crippen LogP contribution in [0.4, 0.5) is 0 Å². The molecule has 50 valence electrons. The van der Waals surface area contributed by atoms with Crippen molar-refractivity contribution in [2.45, 2.75) is 44.9 Å². The second-order valence-corrected chi connectivity index (χ2v) is 3.35. The van der Waals surface area contributed by atoms with Gasteiger partial charge >= 0.3 is 0 Å². The molecule has 2 bridgehead atoms. The average Bonchev–Trinajstić information content (AvgIpc) is 2.21. The molecule has 0 amide bonds. The maximum Gasteiger partial charge on any atom is -0.0241 e. The minimum Gasteiger partial charge on any atom is -0.0522 e. The Morgan fingerprint density at radius 1 is 0.556 bits per heavy atom. The zero-order valence-electron chi connectivity index (χ0n) is 5.95. The van der Waals surface area contributed by atoms with Crippen molar-refractivity contribution in [3.8, 4) is 0 Å². The van der Waals surface area contributed by atoms with E-state index in [1.807, 2.05) is 11.8 Å². The fourth-order valence-electron chi connectivity index (χ4n) is 2.05. The SMILES string of the molecule is C1C[C]2CC[C](C1)CC2. The lowest BCUT2D eigenvalue weighted by Gasteiger charge is -2.21. The van der Waals surface area contributed by atoms with Crippen LogP contribution in [0.5, 0.6) is 0 Å². The van der Waals surface area contributed by atoms with Gasteiger partial charge in [0.15, 0.2) is 0 Å². The maximum absolute atomic E-state index is 1.86. The van der Waals surface area contributed by atoms with Gasteiger partial charge in [-0.3, -0.25) is 0 Å². The topological polar surface area (TPSA) is 0 Å². The van der Waals surface area contributed by atoms with Crippen molar-refractivity contribution < 1.29 is 0 Å². The molecule has 0 nitrogen and oxygen atoms in total. The molecule has 0 atom stereocenters. The van der Waals surface area contributed by atoms with Crippen LogP contribution in [0.3, 0.4) is 0 Å². The second kappa shape index (κ2) is 2.32. The number of hydrogen-bond donors (Lipinski definition) is 0. The zero-order chi connectivity index (χ0) is 6.10. The molecule has 0 heterocycles. The summed E-state index contributed by atoms with van der Waals surface area (Å²) in [5, 5.41) is 0. The quantitative estimate of drug-likeness (QED) is 0.463. The Kier molecular flexibility index (Phi) is 1.48. The lowest BCUT2D eigenvalue weighted by atomic mass is 9.84. The molecule has 0 unspecified atom stereocenters. The molecule has 0 aliphatic heterocycles. The van der Waals surface area contributed by atoms with Crippen molar-refractivity contribution in [1.82, 2.24) is 0 Å². The van der Waals surface area contributed by atoms with Gasteiger partial charge in [-0.1, -0.05) is 6.42 Å². The molecule has 0 aromatic heterocycles. The van der Waals surface area contributed by atoms with E-state index < -0.39 is 0 Å². The van der Waals surface area contributed by atoms with Crippen molar-refractivity contribution in [3.05, 3.63) is 11.8 Å². The molecule has 3 aliphatic carbocycles. The van der Waals surface area contributed by atoms with Gasteiger partial charge in [-0.15, -0.1) is 0 Å². The lowest BCUT2D eigenvalue weighted by molar-refractivity contribution is 0.575. The van der Waals surface area contributed by atoms with E-state index in [4.69, 9.17) is 0 Å². The van der Waals surface area contributed by atoms with Crippen LogP contribution in [0.25, 0.3) is 0 Å². The summed E-state index contributed by atoms with van der Waals surface area (Å²) >= 11 is 0. The molecule has 3 aliphatic rings. The van der Waals surface area contributed by atoms with Crippen LogP contribution in [0.2, 0.25) is 0 Å².